The van der Waals surface area contributed by atoms with Gasteiger partial charge in [0.15, 0.2) is 0 Å². The van der Waals surface area contributed by atoms with Gasteiger partial charge in [0.2, 0.25) is 0 Å². The van der Waals surface area contributed by atoms with Crippen LogP contribution in [0.25, 0.3) is 0 Å². The SMILES string of the molecule is CC(O)(CNC(=O)c1csc(C2CCCO2)n1)c1ccccc1. The second-order valence-corrected chi connectivity index (χ2v) is 6.78. The summed E-state index contributed by atoms with van der Waals surface area (Å²) in [5.74, 6) is -0.276. The monoisotopic (exact) mass is 332 g/mol. The molecule has 1 aliphatic heterocycles. The van der Waals surface area contributed by atoms with Gasteiger partial charge in [0.25, 0.3) is 5.91 Å². The Balaban J connectivity index is 1.61. The fraction of sp³-hybridized carbons (Fsp3) is 0.412. The number of benzene rings is 1. The van der Waals surface area contributed by atoms with Gasteiger partial charge in [-0.3, -0.25) is 4.79 Å². The molecule has 2 N–H and O–H groups in total. The lowest BCUT2D eigenvalue weighted by molar-refractivity contribution is 0.0525. The van der Waals surface area contributed by atoms with Crippen LogP contribution in [0.3, 0.4) is 0 Å². The molecule has 2 unspecified atom stereocenters. The summed E-state index contributed by atoms with van der Waals surface area (Å²) in [7, 11) is 0. The number of amides is 1. The minimum absolute atomic E-state index is 0.0222. The lowest BCUT2D eigenvalue weighted by Gasteiger charge is -2.24. The summed E-state index contributed by atoms with van der Waals surface area (Å²) in [5, 5.41) is 15.9. The zero-order valence-corrected chi connectivity index (χ0v) is 13.8. The number of nitrogens with zero attached hydrogens (tertiary/aromatic N) is 1. The van der Waals surface area contributed by atoms with Gasteiger partial charge in [-0.15, -0.1) is 11.3 Å². The first-order valence-corrected chi connectivity index (χ1v) is 8.57. The lowest BCUT2D eigenvalue weighted by atomic mass is 9.96. The van der Waals surface area contributed by atoms with E-state index in [2.05, 4.69) is 10.3 Å². The van der Waals surface area contributed by atoms with E-state index in [9.17, 15) is 9.90 Å². The first kappa shape index (κ1) is 16.1. The van der Waals surface area contributed by atoms with Crippen LogP contribution < -0.4 is 5.32 Å². The van der Waals surface area contributed by atoms with Crippen LogP contribution in [-0.4, -0.2) is 29.1 Å². The molecule has 0 spiro atoms. The maximum absolute atomic E-state index is 12.2. The van der Waals surface area contributed by atoms with E-state index in [1.54, 1.807) is 12.3 Å². The van der Waals surface area contributed by atoms with Crippen molar-refractivity contribution in [2.24, 2.45) is 0 Å². The predicted molar refractivity (Wildman–Crippen MR) is 88.4 cm³/mol. The van der Waals surface area contributed by atoms with E-state index in [4.69, 9.17) is 4.74 Å². The molecule has 1 aromatic carbocycles. The summed E-state index contributed by atoms with van der Waals surface area (Å²) >= 11 is 1.45. The number of rotatable bonds is 5. The predicted octanol–water partition coefficient (Wildman–Crippen LogP) is 2.63. The third kappa shape index (κ3) is 3.77. The second kappa shape index (κ2) is 6.78. The molecular weight excluding hydrogens is 312 g/mol. The number of nitrogens with one attached hydrogen (secondary N) is 1. The smallest absolute Gasteiger partial charge is 0.270 e. The molecule has 23 heavy (non-hydrogen) atoms. The van der Waals surface area contributed by atoms with Crippen molar-refractivity contribution < 1.29 is 14.6 Å². The summed E-state index contributed by atoms with van der Waals surface area (Å²) in [6, 6.07) is 9.29. The molecule has 2 heterocycles. The number of ether oxygens (including phenoxy) is 1. The third-order valence-electron chi connectivity index (χ3n) is 3.95. The van der Waals surface area contributed by atoms with Crippen LogP contribution in [0.15, 0.2) is 35.7 Å². The van der Waals surface area contributed by atoms with Gasteiger partial charge in [-0.1, -0.05) is 30.3 Å². The molecule has 122 valence electrons. The third-order valence-corrected chi connectivity index (χ3v) is 4.89. The number of aliphatic hydroxyl groups is 1. The van der Waals surface area contributed by atoms with E-state index in [1.165, 1.54) is 11.3 Å². The average molecular weight is 332 g/mol. The van der Waals surface area contributed by atoms with Gasteiger partial charge in [0.05, 0.1) is 6.54 Å². The summed E-state index contributed by atoms with van der Waals surface area (Å²) in [6.45, 7) is 2.57. The van der Waals surface area contributed by atoms with E-state index < -0.39 is 5.60 Å². The number of aromatic nitrogens is 1. The molecule has 0 bridgehead atoms. The second-order valence-electron chi connectivity index (χ2n) is 5.90. The summed E-state index contributed by atoms with van der Waals surface area (Å²) in [5.41, 5.74) is 0.0210. The van der Waals surface area contributed by atoms with Crippen LogP contribution in [0.4, 0.5) is 0 Å². The Morgan fingerprint density at radius 2 is 2.26 bits per heavy atom. The van der Waals surface area contributed by atoms with Gasteiger partial charge in [-0.25, -0.2) is 4.98 Å². The molecule has 1 amide bonds. The highest BCUT2D eigenvalue weighted by Crippen LogP contribution is 2.30. The van der Waals surface area contributed by atoms with Crippen LogP contribution >= 0.6 is 11.3 Å². The van der Waals surface area contributed by atoms with Gasteiger partial charge in [-0.05, 0) is 25.3 Å². The fourth-order valence-electron chi connectivity index (χ4n) is 2.55. The quantitative estimate of drug-likeness (QED) is 0.883. The van der Waals surface area contributed by atoms with Crippen molar-refractivity contribution in [1.82, 2.24) is 10.3 Å². The molecule has 6 heteroatoms. The van der Waals surface area contributed by atoms with Gasteiger partial charge >= 0.3 is 0 Å². The highest BCUT2D eigenvalue weighted by atomic mass is 32.1. The van der Waals surface area contributed by atoms with E-state index >= 15 is 0 Å². The summed E-state index contributed by atoms with van der Waals surface area (Å²) in [4.78, 5) is 16.6. The highest BCUT2D eigenvalue weighted by Gasteiger charge is 2.25. The van der Waals surface area contributed by atoms with Crippen LogP contribution in [0.2, 0.25) is 0 Å². The molecule has 5 nitrogen and oxygen atoms in total. The number of thiazole rings is 1. The van der Waals surface area contributed by atoms with Crippen molar-refractivity contribution in [3.05, 3.63) is 52.0 Å². The normalized spacial score (nSPS) is 20.2. The van der Waals surface area contributed by atoms with Gasteiger partial charge in [0.1, 0.15) is 22.4 Å². The zero-order valence-electron chi connectivity index (χ0n) is 13.0. The van der Waals surface area contributed by atoms with Crippen molar-refractivity contribution in [3.8, 4) is 0 Å². The Kier molecular flexibility index (Phi) is 4.75. The Bertz CT molecular complexity index is 663. The minimum atomic E-state index is -1.12. The van der Waals surface area contributed by atoms with Crippen LogP contribution in [0.1, 0.15) is 46.9 Å². The molecule has 1 aliphatic rings. The summed E-state index contributed by atoms with van der Waals surface area (Å²) < 4.78 is 5.58. The maximum atomic E-state index is 12.2. The topological polar surface area (TPSA) is 71.5 Å². The molecule has 1 saturated heterocycles. The molecule has 0 radical (unpaired) electrons. The van der Waals surface area contributed by atoms with E-state index in [0.29, 0.717) is 5.69 Å². The molecule has 1 aromatic heterocycles. The molecule has 2 aromatic rings. The molecule has 0 aliphatic carbocycles. The summed E-state index contributed by atoms with van der Waals surface area (Å²) in [6.07, 6.45) is 2.01. The van der Waals surface area contributed by atoms with Gasteiger partial charge < -0.3 is 15.2 Å². The molecule has 1 fully saturated rings. The molecule has 0 saturated carbocycles. The van der Waals surface area contributed by atoms with Crippen molar-refractivity contribution >= 4 is 17.2 Å². The number of carbonyl (C=O) groups excluding carboxylic acids is 1. The Labute approximate surface area is 139 Å². The molecular formula is C17H20N2O3S. The zero-order chi connectivity index (χ0) is 16.3. The maximum Gasteiger partial charge on any atom is 0.270 e. The average Bonchev–Trinajstić information content (AvgIpc) is 3.24. The molecule has 3 rings (SSSR count). The minimum Gasteiger partial charge on any atom is -0.384 e. The lowest BCUT2D eigenvalue weighted by Crippen LogP contribution is -2.38. The van der Waals surface area contributed by atoms with Crippen LogP contribution in [0.5, 0.6) is 0 Å². The Morgan fingerprint density at radius 3 is 2.96 bits per heavy atom. The standard InChI is InChI=1S/C17H20N2O3S/c1-17(21,12-6-3-2-4-7-12)11-18-15(20)13-10-23-16(19-13)14-8-5-9-22-14/h2-4,6-7,10,14,21H,5,8-9,11H2,1H3,(H,18,20). The van der Waals surface area contributed by atoms with Crippen molar-refractivity contribution in [2.75, 3.05) is 13.2 Å². The van der Waals surface area contributed by atoms with Crippen LogP contribution in [-0.2, 0) is 10.3 Å². The van der Waals surface area contributed by atoms with E-state index in [-0.39, 0.29) is 18.6 Å². The van der Waals surface area contributed by atoms with E-state index in [0.717, 1.165) is 30.0 Å². The van der Waals surface area contributed by atoms with Crippen LogP contribution in [0, 0.1) is 0 Å². The number of hydrogen-bond donors (Lipinski definition) is 2. The Hall–Kier alpha value is -1.76. The highest BCUT2D eigenvalue weighted by molar-refractivity contribution is 7.09. The largest absolute Gasteiger partial charge is 0.384 e. The van der Waals surface area contributed by atoms with Gasteiger partial charge in [-0.2, -0.15) is 0 Å². The van der Waals surface area contributed by atoms with Crippen molar-refractivity contribution in [1.29, 1.82) is 0 Å². The molecule has 2 atom stereocenters. The van der Waals surface area contributed by atoms with Crippen molar-refractivity contribution in [3.63, 3.8) is 0 Å². The fourth-order valence-corrected chi connectivity index (χ4v) is 3.44. The first-order chi connectivity index (χ1) is 11.1. The van der Waals surface area contributed by atoms with Gasteiger partial charge in [0, 0.05) is 12.0 Å². The first-order valence-electron chi connectivity index (χ1n) is 7.69. The van der Waals surface area contributed by atoms with Crippen molar-refractivity contribution in [2.45, 2.75) is 31.5 Å². The Morgan fingerprint density at radius 1 is 1.48 bits per heavy atom. The van der Waals surface area contributed by atoms with E-state index in [1.807, 2.05) is 30.3 Å². The number of carbonyl (C=O) groups is 1. The number of hydrogen-bond acceptors (Lipinski definition) is 5.